The Morgan fingerprint density at radius 2 is 1.93 bits per heavy atom. The number of likely N-dealkylation sites (N-methyl/N-ethyl adjacent to an activating group) is 1. The van der Waals surface area contributed by atoms with E-state index in [1.165, 1.54) is 10.4 Å². The highest BCUT2D eigenvalue weighted by Gasteiger charge is 2.25. The minimum absolute atomic E-state index is 0.269. The van der Waals surface area contributed by atoms with Crippen molar-refractivity contribution in [2.45, 2.75) is 5.66 Å². The lowest BCUT2D eigenvalue weighted by Crippen LogP contribution is -2.55. The summed E-state index contributed by atoms with van der Waals surface area (Å²) in [5.41, 5.74) is -0.269. The highest BCUT2D eigenvalue weighted by Crippen LogP contribution is 2.12. The summed E-state index contributed by atoms with van der Waals surface area (Å²) < 4.78 is 0. The molecule has 0 saturated heterocycles. The van der Waals surface area contributed by atoms with Gasteiger partial charge < -0.3 is 5.32 Å². The van der Waals surface area contributed by atoms with Gasteiger partial charge in [-0.1, -0.05) is 30.8 Å². The molecule has 0 fully saturated rings. The van der Waals surface area contributed by atoms with E-state index in [2.05, 4.69) is 41.1 Å². The second-order valence-electron chi connectivity index (χ2n) is 3.99. The molecule has 0 spiro atoms. The first-order valence-electron chi connectivity index (χ1n) is 5.05. The lowest BCUT2D eigenvalue weighted by Gasteiger charge is -2.36. The van der Waals surface area contributed by atoms with E-state index in [0.717, 1.165) is 0 Å². The largest absolute Gasteiger partial charge is 0.366 e. The highest BCUT2D eigenvalue weighted by molar-refractivity contribution is 5.49. The zero-order chi connectivity index (χ0) is 10.9. The van der Waals surface area contributed by atoms with Crippen LogP contribution in [0.5, 0.6) is 0 Å². The minimum atomic E-state index is -0.269. The molecule has 1 aromatic carbocycles. The molecule has 0 aliphatic carbocycles. The topological polar surface area (TPSA) is 15.3 Å². The van der Waals surface area contributed by atoms with Crippen LogP contribution in [0.3, 0.4) is 0 Å². The predicted molar refractivity (Wildman–Crippen MR) is 64.4 cm³/mol. The highest BCUT2D eigenvalue weighted by atomic mass is 15.3. The Morgan fingerprint density at radius 3 is 2.53 bits per heavy atom. The van der Waals surface area contributed by atoms with Crippen LogP contribution in [0, 0.1) is 0 Å². The molecule has 1 heterocycles. The van der Waals surface area contributed by atoms with E-state index >= 15 is 0 Å². The Hall–Kier alpha value is -1.54. The van der Waals surface area contributed by atoms with Gasteiger partial charge in [-0.2, -0.15) is 0 Å². The summed E-state index contributed by atoms with van der Waals surface area (Å²) in [7, 11) is 4.07. The minimum Gasteiger partial charge on any atom is -0.366 e. The number of benzene rings is 1. The van der Waals surface area contributed by atoms with Crippen LogP contribution in [0.15, 0.2) is 36.9 Å². The van der Waals surface area contributed by atoms with Crippen molar-refractivity contribution in [3.8, 4) is 0 Å². The molecule has 1 N–H and O–H groups in total. The molecule has 0 saturated carbocycles. The third-order valence-electron chi connectivity index (χ3n) is 2.88. The maximum atomic E-state index is 3.90. The molecule has 1 aromatic rings. The number of fused-ring (bicyclic) bond motifs is 1. The summed E-state index contributed by atoms with van der Waals surface area (Å²) >= 11 is 0. The lowest BCUT2D eigenvalue weighted by molar-refractivity contribution is 0.258. The molecular weight excluding hydrogens is 184 g/mol. The summed E-state index contributed by atoms with van der Waals surface area (Å²) in [4.78, 5) is 2.10. The van der Waals surface area contributed by atoms with Gasteiger partial charge in [-0.3, -0.25) is 4.90 Å². The second-order valence-corrected chi connectivity index (χ2v) is 3.99. The number of hydrogen-bond donors (Lipinski definition) is 1. The van der Waals surface area contributed by atoms with Crippen LogP contribution >= 0.6 is 0 Å². The molecule has 0 bridgehead atoms. The van der Waals surface area contributed by atoms with E-state index < -0.39 is 0 Å². The van der Waals surface area contributed by atoms with Gasteiger partial charge in [0.1, 0.15) is 5.66 Å². The molecule has 0 aromatic heterocycles. The molecule has 2 heteroatoms. The number of rotatable bonds is 2. The third kappa shape index (κ3) is 1.57. The zero-order valence-electron chi connectivity index (χ0n) is 9.20. The average Bonchev–Trinajstić information content (AvgIpc) is 2.28. The fourth-order valence-electron chi connectivity index (χ4n) is 1.80. The molecule has 15 heavy (non-hydrogen) atoms. The summed E-state index contributed by atoms with van der Waals surface area (Å²) in [5, 5.41) is 5.83. The van der Waals surface area contributed by atoms with Gasteiger partial charge in [-0.05, 0) is 36.7 Å². The SMILES string of the molecule is C=CC1(N(C)C)C=c2ccccc2=CN1. The molecule has 1 aliphatic heterocycles. The quantitative estimate of drug-likeness (QED) is 0.689. The van der Waals surface area contributed by atoms with Crippen LogP contribution in [0.1, 0.15) is 0 Å². The van der Waals surface area contributed by atoms with Crippen molar-refractivity contribution in [2.24, 2.45) is 0 Å². The van der Waals surface area contributed by atoms with Crippen LogP contribution in [0.4, 0.5) is 0 Å². The molecule has 78 valence electrons. The summed E-state index contributed by atoms with van der Waals surface area (Å²) in [5.74, 6) is 0. The van der Waals surface area contributed by atoms with Gasteiger partial charge in [0.05, 0.1) is 0 Å². The van der Waals surface area contributed by atoms with E-state index in [0.29, 0.717) is 0 Å². The van der Waals surface area contributed by atoms with E-state index in [9.17, 15) is 0 Å². The first-order valence-corrected chi connectivity index (χ1v) is 5.05. The normalized spacial score (nSPS) is 23.4. The van der Waals surface area contributed by atoms with Crippen molar-refractivity contribution >= 4 is 12.3 Å². The molecule has 1 atom stereocenters. The Morgan fingerprint density at radius 1 is 1.27 bits per heavy atom. The molecule has 0 amide bonds. The van der Waals surface area contributed by atoms with E-state index in [-0.39, 0.29) is 5.66 Å². The first kappa shape index (κ1) is 9.99. The van der Waals surface area contributed by atoms with Crippen LogP contribution in [0.25, 0.3) is 12.3 Å². The van der Waals surface area contributed by atoms with Crippen LogP contribution in [-0.4, -0.2) is 24.7 Å². The van der Waals surface area contributed by atoms with Crippen molar-refractivity contribution in [1.82, 2.24) is 10.2 Å². The van der Waals surface area contributed by atoms with E-state index in [1.807, 2.05) is 32.4 Å². The fraction of sp³-hybridized carbons (Fsp3) is 0.231. The summed E-state index contributed by atoms with van der Waals surface area (Å²) in [6.07, 6.45) is 6.14. The van der Waals surface area contributed by atoms with Crippen molar-refractivity contribution in [3.63, 3.8) is 0 Å². The molecular formula is C13H16N2. The van der Waals surface area contributed by atoms with Crippen LogP contribution < -0.4 is 15.8 Å². The van der Waals surface area contributed by atoms with E-state index in [1.54, 1.807) is 0 Å². The van der Waals surface area contributed by atoms with Gasteiger partial charge >= 0.3 is 0 Å². The fourth-order valence-corrected chi connectivity index (χ4v) is 1.80. The average molecular weight is 200 g/mol. The third-order valence-corrected chi connectivity index (χ3v) is 2.88. The van der Waals surface area contributed by atoms with Gasteiger partial charge in [-0.25, -0.2) is 0 Å². The second kappa shape index (κ2) is 3.55. The Kier molecular flexibility index (Phi) is 2.37. The molecule has 2 rings (SSSR count). The standard InChI is InChI=1S/C13H16N2/c1-4-13(15(2)3)9-11-7-5-6-8-12(11)10-14-13/h4-10,14H,1H2,2-3H3. The first-order chi connectivity index (χ1) is 7.18. The number of hydrogen-bond acceptors (Lipinski definition) is 2. The molecule has 2 nitrogen and oxygen atoms in total. The maximum Gasteiger partial charge on any atom is 0.129 e. The monoisotopic (exact) mass is 200 g/mol. The zero-order valence-corrected chi connectivity index (χ0v) is 9.20. The molecule has 1 unspecified atom stereocenters. The smallest absolute Gasteiger partial charge is 0.129 e. The maximum absolute atomic E-state index is 3.90. The van der Waals surface area contributed by atoms with Crippen molar-refractivity contribution in [1.29, 1.82) is 0 Å². The van der Waals surface area contributed by atoms with Gasteiger partial charge in [-0.15, -0.1) is 0 Å². The Bertz CT molecular complexity index is 488. The predicted octanol–water partition coefficient (Wildman–Crippen LogP) is 0.252. The molecule has 0 radical (unpaired) electrons. The van der Waals surface area contributed by atoms with Gasteiger partial charge in [0.15, 0.2) is 0 Å². The van der Waals surface area contributed by atoms with Gasteiger partial charge in [0.25, 0.3) is 0 Å². The summed E-state index contributed by atoms with van der Waals surface area (Å²) in [6.45, 7) is 3.90. The van der Waals surface area contributed by atoms with Gasteiger partial charge in [0.2, 0.25) is 0 Å². The molecule has 1 aliphatic rings. The Balaban J connectivity index is 2.63. The van der Waals surface area contributed by atoms with Crippen LogP contribution in [-0.2, 0) is 0 Å². The van der Waals surface area contributed by atoms with Gasteiger partial charge in [0, 0.05) is 6.20 Å². The van der Waals surface area contributed by atoms with Crippen molar-refractivity contribution < 1.29 is 0 Å². The number of nitrogens with one attached hydrogen (secondary N) is 1. The van der Waals surface area contributed by atoms with Crippen LogP contribution in [0.2, 0.25) is 0 Å². The van der Waals surface area contributed by atoms with Crippen molar-refractivity contribution in [2.75, 3.05) is 14.1 Å². The van der Waals surface area contributed by atoms with Crippen molar-refractivity contribution in [3.05, 3.63) is 47.4 Å². The summed E-state index contributed by atoms with van der Waals surface area (Å²) in [6, 6.07) is 8.31. The van der Waals surface area contributed by atoms with E-state index in [4.69, 9.17) is 0 Å². The number of nitrogens with zero attached hydrogens (tertiary/aromatic N) is 1. The lowest BCUT2D eigenvalue weighted by atomic mass is 10.0. The Labute approximate surface area is 90.2 Å².